The first-order valence-electron chi connectivity index (χ1n) is 11.1. The van der Waals surface area contributed by atoms with Crippen LogP contribution in [0.1, 0.15) is 19.5 Å². The maximum Gasteiger partial charge on any atom is 0.264 e. The third kappa shape index (κ3) is 5.15. The maximum atomic E-state index is 14.9. The van der Waals surface area contributed by atoms with Gasteiger partial charge in [-0.1, -0.05) is 12.1 Å². The van der Waals surface area contributed by atoms with Crippen LogP contribution in [0.15, 0.2) is 59.5 Å². The molecule has 2 heterocycles. The number of rotatable bonds is 6. The lowest BCUT2D eigenvalue weighted by Crippen LogP contribution is -2.54. The van der Waals surface area contributed by atoms with Crippen molar-refractivity contribution in [1.82, 2.24) is 10.3 Å². The summed E-state index contributed by atoms with van der Waals surface area (Å²) in [6.07, 6.45) is 0. The Morgan fingerprint density at radius 3 is 2.47 bits per heavy atom. The summed E-state index contributed by atoms with van der Waals surface area (Å²) in [6.45, 7) is 7.54. The number of sulfonamides is 1. The Morgan fingerprint density at radius 2 is 1.82 bits per heavy atom. The third-order valence-electron chi connectivity index (χ3n) is 5.73. The Kier molecular flexibility index (Phi) is 6.77. The van der Waals surface area contributed by atoms with Gasteiger partial charge in [0.2, 0.25) is 0 Å². The molecule has 1 saturated heterocycles. The summed E-state index contributed by atoms with van der Waals surface area (Å²) in [5.41, 5.74) is 2.99. The van der Waals surface area contributed by atoms with Crippen molar-refractivity contribution in [2.45, 2.75) is 37.8 Å². The van der Waals surface area contributed by atoms with Crippen molar-refractivity contribution >= 4 is 21.4 Å². The predicted molar refractivity (Wildman–Crippen MR) is 132 cm³/mol. The van der Waals surface area contributed by atoms with Crippen LogP contribution in [0.2, 0.25) is 0 Å². The van der Waals surface area contributed by atoms with Gasteiger partial charge in [0.25, 0.3) is 10.0 Å². The van der Waals surface area contributed by atoms with Gasteiger partial charge in [-0.15, -0.1) is 0 Å². The van der Waals surface area contributed by atoms with Gasteiger partial charge in [0.05, 0.1) is 24.2 Å². The molecule has 4 rings (SSSR count). The van der Waals surface area contributed by atoms with Gasteiger partial charge in [-0.05, 0) is 63.2 Å². The molecule has 1 aliphatic heterocycles. The van der Waals surface area contributed by atoms with Crippen LogP contribution in [0.4, 0.5) is 15.8 Å². The van der Waals surface area contributed by atoms with E-state index in [2.05, 4.69) is 33.8 Å². The predicted octanol–water partition coefficient (Wildman–Crippen LogP) is 4.19. The molecule has 2 N–H and O–H groups in total. The molecule has 3 aromatic rings. The molecule has 0 saturated carbocycles. The van der Waals surface area contributed by atoms with Crippen molar-refractivity contribution in [2.24, 2.45) is 0 Å². The molecule has 9 heteroatoms. The smallest absolute Gasteiger partial charge is 0.264 e. The molecular formula is C25H29FN4O3S. The van der Waals surface area contributed by atoms with Gasteiger partial charge < -0.3 is 15.0 Å². The van der Waals surface area contributed by atoms with Gasteiger partial charge in [0, 0.05) is 36.4 Å². The number of aryl methyl sites for hydroxylation is 1. The molecule has 2 unspecified atom stereocenters. The average molecular weight is 485 g/mol. The lowest BCUT2D eigenvalue weighted by molar-refractivity contribution is 0.391. The minimum atomic E-state index is -4.16. The van der Waals surface area contributed by atoms with Gasteiger partial charge in [0.1, 0.15) is 16.5 Å². The van der Waals surface area contributed by atoms with E-state index in [0.29, 0.717) is 22.7 Å². The SMILES string of the molecule is COc1ccc(NS(=O)(=O)c2ccc(-c3cccc(C)n3)cc2F)cc1N1CC(C)NC(C)C1. The number of benzene rings is 2. The minimum Gasteiger partial charge on any atom is -0.495 e. The lowest BCUT2D eigenvalue weighted by atomic mass is 10.1. The monoisotopic (exact) mass is 484 g/mol. The summed E-state index contributed by atoms with van der Waals surface area (Å²) in [6, 6.07) is 15.0. The molecular weight excluding hydrogens is 455 g/mol. The molecule has 1 fully saturated rings. The van der Waals surface area contributed by atoms with Crippen LogP contribution in [0, 0.1) is 12.7 Å². The van der Waals surface area contributed by atoms with E-state index in [1.165, 1.54) is 12.1 Å². The fourth-order valence-corrected chi connectivity index (χ4v) is 5.43. The number of aromatic nitrogens is 1. The van der Waals surface area contributed by atoms with Gasteiger partial charge in [-0.25, -0.2) is 12.8 Å². The fraction of sp³-hybridized carbons (Fsp3) is 0.320. The standard InChI is InChI=1S/C25H29FN4O3S/c1-16-6-5-7-22(28-16)19-8-11-25(21(26)12-19)34(31,32)29-20-9-10-24(33-4)23(13-20)30-14-17(2)27-18(3)15-30/h5-13,17-18,27,29H,14-15H2,1-4H3. The summed E-state index contributed by atoms with van der Waals surface area (Å²) in [5.74, 6) is -0.197. The van der Waals surface area contributed by atoms with Gasteiger partial charge in [0.15, 0.2) is 0 Å². The van der Waals surface area contributed by atoms with E-state index in [4.69, 9.17) is 4.74 Å². The van der Waals surface area contributed by atoms with Crippen LogP contribution in [0.3, 0.4) is 0 Å². The van der Waals surface area contributed by atoms with Crippen LogP contribution in [-0.4, -0.2) is 45.7 Å². The molecule has 2 aromatic carbocycles. The summed E-state index contributed by atoms with van der Waals surface area (Å²) in [7, 11) is -2.58. The second-order valence-electron chi connectivity index (χ2n) is 8.68. The highest BCUT2D eigenvalue weighted by Crippen LogP contribution is 2.34. The third-order valence-corrected chi connectivity index (χ3v) is 7.15. The molecule has 180 valence electrons. The van der Waals surface area contributed by atoms with Crippen molar-refractivity contribution < 1.29 is 17.5 Å². The zero-order chi connectivity index (χ0) is 24.5. The molecule has 0 aliphatic carbocycles. The fourth-order valence-electron chi connectivity index (χ4n) is 4.32. The molecule has 2 atom stereocenters. The molecule has 34 heavy (non-hydrogen) atoms. The lowest BCUT2D eigenvalue weighted by Gasteiger charge is -2.38. The molecule has 0 spiro atoms. The van der Waals surface area contributed by atoms with E-state index >= 15 is 0 Å². The second kappa shape index (κ2) is 9.60. The number of ether oxygens (including phenoxy) is 1. The van der Waals surface area contributed by atoms with Crippen LogP contribution in [-0.2, 0) is 10.0 Å². The number of halogens is 1. The highest BCUT2D eigenvalue weighted by molar-refractivity contribution is 7.92. The van der Waals surface area contributed by atoms with Crippen LogP contribution in [0.5, 0.6) is 5.75 Å². The second-order valence-corrected chi connectivity index (χ2v) is 10.3. The van der Waals surface area contributed by atoms with E-state index in [9.17, 15) is 12.8 Å². The Labute approximate surface area is 200 Å². The Balaban J connectivity index is 1.62. The largest absolute Gasteiger partial charge is 0.495 e. The molecule has 0 amide bonds. The number of hydrogen-bond donors (Lipinski definition) is 2. The van der Waals surface area contributed by atoms with E-state index in [1.807, 2.05) is 19.1 Å². The van der Waals surface area contributed by atoms with E-state index < -0.39 is 20.7 Å². The summed E-state index contributed by atoms with van der Waals surface area (Å²) in [4.78, 5) is 6.11. The minimum absolute atomic E-state index is 0.268. The number of hydrogen-bond acceptors (Lipinski definition) is 6. The van der Waals surface area contributed by atoms with E-state index in [0.717, 1.165) is 24.5 Å². The number of pyridine rings is 1. The van der Waals surface area contributed by atoms with Gasteiger partial charge >= 0.3 is 0 Å². The normalized spacial score (nSPS) is 18.6. The van der Waals surface area contributed by atoms with Gasteiger partial charge in [-0.2, -0.15) is 0 Å². The molecule has 1 aliphatic rings. The topological polar surface area (TPSA) is 83.6 Å². The van der Waals surface area contributed by atoms with Crippen molar-refractivity contribution in [2.75, 3.05) is 29.8 Å². The Morgan fingerprint density at radius 1 is 1.09 bits per heavy atom. The van der Waals surface area contributed by atoms with E-state index in [1.54, 1.807) is 37.4 Å². The highest BCUT2D eigenvalue weighted by atomic mass is 32.2. The molecule has 0 bridgehead atoms. The quantitative estimate of drug-likeness (QED) is 0.546. The van der Waals surface area contributed by atoms with Crippen LogP contribution >= 0.6 is 0 Å². The maximum absolute atomic E-state index is 14.9. The zero-order valence-corrected chi connectivity index (χ0v) is 20.5. The number of piperazine rings is 1. The van der Waals surface area contributed by atoms with Crippen molar-refractivity contribution in [3.8, 4) is 17.0 Å². The molecule has 0 radical (unpaired) electrons. The Hall–Kier alpha value is -3.17. The molecule has 1 aromatic heterocycles. The van der Waals surface area contributed by atoms with Crippen molar-refractivity contribution in [3.05, 3.63) is 66.1 Å². The van der Waals surface area contributed by atoms with Crippen molar-refractivity contribution in [1.29, 1.82) is 0 Å². The Bertz CT molecular complexity index is 1290. The van der Waals surface area contributed by atoms with Crippen LogP contribution in [0.25, 0.3) is 11.3 Å². The first-order chi connectivity index (χ1) is 16.2. The zero-order valence-electron chi connectivity index (χ0n) is 19.7. The number of anilines is 2. The van der Waals surface area contributed by atoms with Crippen LogP contribution < -0.4 is 19.7 Å². The summed E-state index contributed by atoms with van der Waals surface area (Å²) < 4.78 is 49.1. The van der Waals surface area contributed by atoms with E-state index in [-0.39, 0.29) is 12.1 Å². The van der Waals surface area contributed by atoms with Gasteiger partial charge in [-0.3, -0.25) is 9.71 Å². The molecule has 7 nitrogen and oxygen atoms in total. The van der Waals surface area contributed by atoms with Crippen molar-refractivity contribution in [3.63, 3.8) is 0 Å². The summed E-state index contributed by atoms with van der Waals surface area (Å²) >= 11 is 0. The summed E-state index contributed by atoms with van der Waals surface area (Å²) in [5, 5.41) is 3.48. The first kappa shape index (κ1) is 24.0. The highest BCUT2D eigenvalue weighted by Gasteiger charge is 2.25. The average Bonchev–Trinajstić information content (AvgIpc) is 2.78. The first-order valence-corrected chi connectivity index (χ1v) is 12.6. The number of nitrogens with one attached hydrogen (secondary N) is 2. The number of methoxy groups -OCH3 is 1. The number of nitrogens with zero attached hydrogens (tertiary/aromatic N) is 2.